The van der Waals surface area contributed by atoms with E-state index in [1.165, 1.54) is 0 Å². The van der Waals surface area contributed by atoms with E-state index in [0.717, 1.165) is 22.3 Å². The number of rotatable bonds is 5. The average molecular weight is 366 g/mol. The minimum Gasteiger partial charge on any atom is -0.259 e. The second-order valence-corrected chi connectivity index (χ2v) is 8.10. The molecule has 134 valence electrons. The van der Waals surface area contributed by atoms with Crippen LogP contribution in [0.2, 0.25) is 0 Å². The molecule has 2 aromatic carbocycles. The Kier molecular flexibility index (Phi) is 5.20. The Hall–Kier alpha value is -2.50. The summed E-state index contributed by atoms with van der Waals surface area (Å²) in [6.07, 6.45) is 1.67. The zero-order chi connectivity index (χ0) is 18.7. The number of hydrogen-bond acceptors (Lipinski definition) is 3. The summed E-state index contributed by atoms with van der Waals surface area (Å²) in [7, 11) is -3.72. The van der Waals surface area contributed by atoms with Crippen molar-refractivity contribution in [1.29, 1.82) is 0 Å². The number of nitrogens with one attached hydrogen (secondary N) is 1. The third-order valence-electron chi connectivity index (χ3n) is 4.26. The van der Waals surface area contributed by atoms with Crippen molar-refractivity contribution in [2.24, 2.45) is 0 Å². The Morgan fingerprint density at radius 2 is 1.50 bits per heavy atom. The van der Waals surface area contributed by atoms with Crippen LogP contribution in [0.25, 0.3) is 0 Å². The molecule has 5 heteroatoms. The zero-order valence-corrected chi connectivity index (χ0v) is 15.9. The minimum atomic E-state index is -3.72. The Morgan fingerprint density at radius 3 is 2.08 bits per heavy atom. The molecule has 0 aliphatic carbocycles. The lowest BCUT2D eigenvalue weighted by Crippen LogP contribution is -2.31. The normalized spacial score (nSPS) is 12.7. The summed E-state index contributed by atoms with van der Waals surface area (Å²) in [4.78, 5) is 4.70. The quantitative estimate of drug-likeness (QED) is 0.740. The van der Waals surface area contributed by atoms with Crippen molar-refractivity contribution in [3.05, 3.63) is 94.8 Å². The van der Waals surface area contributed by atoms with Gasteiger partial charge in [-0.25, -0.2) is 8.42 Å². The van der Waals surface area contributed by atoms with E-state index < -0.39 is 16.1 Å². The molecule has 0 aliphatic heterocycles. The van der Waals surface area contributed by atoms with Gasteiger partial charge in [0.15, 0.2) is 0 Å². The van der Waals surface area contributed by atoms with E-state index in [1.54, 1.807) is 6.20 Å². The van der Waals surface area contributed by atoms with Crippen molar-refractivity contribution >= 4 is 10.0 Å². The zero-order valence-electron chi connectivity index (χ0n) is 15.1. The molecule has 26 heavy (non-hydrogen) atoms. The predicted octanol–water partition coefficient (Wildman–Crippen LogP) is 4.07. The van der Waals surface area contributed by atoms with Gasteiger partial charge in [0.25, 0.3) is 0 Å². The fraction of sp³-hybridized carbons (Fsp3) is 0.190. The summed E-state index contributed by atoms with van der Waals surface area (Å²) in [6.45, 7) is 5.62. The van der Waals surface area contributed by atoms with E-state index in [9.17, 15) is 8.42 Å². The van der Waals surface area contributed by atoms with Crippen molar-refractivity contribution < 1.29 is 8.42 Å². The van der Waals surface area contributed by atoms with Crippen molar-refractivity contribution in [2.45, 2.75) is 31.7 Å². The van der Waals surface area contributed by atoms with Gasteiger partial charge in [0.2, 0.25) is 10.0 Å². The third kappa shape index (κ3) is 3.84. The molecule has 1 atom stereocenters. The molecule has 1 unspecified atom stereocenters. The number of sulfonamides is 1. The number of aryl methyl sites for hydroxylation is 3. The highest BCUT2D eigenvalue weighted by Crippen LogP contribution is 2.26. The molecular formula is C21H22N2O2S. The first-order valence-corrected chi connectivity index (χ1v) is 9.93. The number of pyridine rings is 1. The Labute approximate surface area is 155 Å². The van der Waals surface area contributed by atoms with Crippen LogP contribution in [-0.2, 0) is 10.0 Å². The fourth-order valence-electron chi connectivity index (χ4n) is 3.30. The number of benzene rings is 2. The van der Waals surface area contributed by atoms with Crippen LogP contribution in [0.3, 0.4) is 0 Å². The summed E-state index contributed by atoms with van der Waals surface area (Å²) in [5.74, 6) is 0. The van der Waals surface area contributed by atoms with Crippen LogP contribution in [0, 0.1) is 20.8 Å². The molecular weight excluding hydrogens is 344 g/mol. The van der Waals surface area contributed by atoms with Crippen LogP contribution in [0.1, 0.15) is 34.0 Å². The van der Waals surface area contributed by atoms with E-state index in [1.807, 2.05) is 81.4 Å². The molecule has 4 nitrogen and oxygen atoms in total. The molecule has 1 heterocycles. The van der Waals surface area contributed by atoms with Crippen LogP contribution < -0.4 is 4.72 Å². The van der Waals surface area contributed by atoms with Crippen molar-refractivity contribution in [2.75, 3.05) is 0 Å². The molecule has 0 amide bonds. The van der Waals surface area contributed by atoms with E-state index in [2.05, 4.69) is 9.71 Å². The summed E-state index contributed by atoms with van der Waals surface area (Å²) < 4.78 is 29.3. The standard InChI is InChI=1S/C21H22N2O2S/c1-15-13-16(2)21(17(3)14-15)26(24,25)23-20(18-9-5-4-6-10-18)19-11-7-8-12-22-19/h4-14,20,23H,1-3H3. The Morgan fingerprint density at radius 1 is 0.885 bits per heavy atom. The van der Waals surface area contributed by atoms with E-state index in [-0.39, 0.29) is 0 Å². The monoisotopic (exact) mass is 366 g/mol. The topological polar surface area (TPSA) is 59.1 Å². The molecule has 0 saturated carbocycles. The van der Waals surface area contributed by atoms with Crippen LogP contribution >= 0.6 is 0 Å². The maximum atomic E-state index is 13.2. The molecule has 1 N–H and O–H groups in total. The van der Waals surface area contributed by atoms with Gasteiger partial charge in [-0.2, -0.15) is 4.72 Å². The first-order valence-electron chi connectivity index (χ1n) is 8.44. The lowest BCUT2D eigenvalue weighted by atomic mass is 10.0. The largest absolute Gasteiger partial charge is 0.259 e. The van der Waals surface area contributed by atoms with Crippen molar-refractivity contribution in [1.82, 2.24) is 9.71 Å². The lowest BCUT2D eigenvalue weighted by molar-refractivity contribution is 0.568. The molecule has 0 bridgehead atoms. The summed E-state index contributed by atoms with van der Waals surface area (Å²) >= 11 is 0. The summed E-state index contributed by atoms with van der Waals surface area (Å²) in [5, 5.41) is 0. The highest BCUT2D eigenvalue weighted by Gasteiger charge is 2.26. The summed E-state index contributed by atoms with van der Waals surface area (Å²) in [5.41, 5.74) is 4.02. The first kappa shape index (κ1) is 18.3. The van der Waals surface area contributed by atoms with Gasteiger partial charge in [-0.05, 0) is 49.6 Å². The van der Waals surface area contributed by atoms with Gasteiger partial charge in [0.1, 0.15) is 0 Å². The molecule has 0 fully saturated rings. The van der Waals surface area contributed by atoms with Gasteiger partial charge in [-0.15, -0.1) is 0 Å². The van der Waals surface area contributed by atoms with Crippen molar-refractivity contribution in [3.63, 3.8) is 0 Å². The van der Waals surface area contributed by atoms with E-state index >= 15 is 0 Å². The molecule has 0 aliphatic rings. The highest BCUT2D eigenvalue weighted by atomic mass is 32.2. The van der Waals surface area contributed by atoms with Crippen LogP contribution in [0.15, 0.2) is 71.8 Å². The van der Waals surface area contributed by atoms with E-state index in [0.29, 0.717) is 10.6 Å². The fourth-order valence-corrected chi connectivity index (χ4v) is 4.95. The van der Waals surface area contributed by atoms with Gasteiger partial charge in [0, 0.05) is 6.20 Å². The predicted molar refractivity (Wildman–Crippen MR) is 103 cm³/mol. The molecule has 0 spiro atoms. The number of nitrogens with zero attached hydrogens (tertiary/aromatic N) is 1. The van der Waals surface area contributed by atoms with Crippen molar-refractivity contribution in [3.8, 4) is 0 Å². The molecule has 3 rings (SSSR count). The number of aromatic nitrogens is 1. The Balaban J connectivity index is 2.07. The minimum absolute atomic E-state index is 0.333. The first-order chi connectivity index (χ1) is 12.4. The van der Waals surface area contributed by atoms with E-state index in [4.69, 9.17) is 0 Å². The molecule has 1 aromatic heterocycles. The van der Waals surface area contributed by atoms with Crippen LogP contribution in [0.5, 0.6) is 0 Å². The summed E-state index contributed by atoms with van der Waals surface area (Å²) in [6, 6.07) is 18.2. The SMILES string of the molecule is Cc1cc(C)c(S(=O)(=O)NC(c2ccccc2)c2ccccn2)c(C)c1. The van der Waals surface area contributed by atoms with Crippen LogP contribution in [0.4, 0.5) is 0 Å². The maximum absolute atomic E-state index is 13.2. The van der Waals surface area contributed by atoms with Gasteiger partial charge >= 0.3 is 0 Å². The Bertz CT molecular complexity index is 938. The second kappa shape index (κ2) is 7.40. The van der Waals surface area contributed by atoms with Gasteiger partial charge in [0.05, 0.1) is 16.6 Å². The average Bonchev–Trinajstić information content (AvgIpc) is 2.60. The second-order valence-electron chi connectivity index (χ2n) is 6.45. The van der Waals surface area contributed by atoms with Crippen LogP contribution in [-0.4, -0.2) is 13.4 Å². The van der Waals surface area contributed by atoms with Gasteiger partial charge in [-0.1, -0.05) is 54.1 Å². The maximum Gasteiger partial charge on any atom is 0.242 e. The highest BCUT2D eigenvalue weighted by molar-refractivity contribution is 7.89. The molecule has 3 aromatic rings. The third-order valence-corrected chi connectivity index (χ3v) is 5.99. The van der Waals surface area contributed by atoms with Gasteiger partial charge < -0.3 is 0 Å². The lowest BCUT2D eigenvalue weighted by Gasteiger charge is -2.21. The smallest absolute Gasteiger partial charge is 0.242 e. The molecule has 0 radical (unpaired) electrons. The van der Waals surface area contributed by atoms with Gasteiger partial charge in [-0.3, -0.25) is 4.98 Å². The number of hydrogen-bond donors (Lipinski definition) is 1. The molecule has 0 saturated heterocycles.